The molecule has 0 fully saturated rings. The Hall–Kier alpha value is -1.33. The minimum Gasteiger partial charge on any atom is -0.384 e. The van der Waals surface area contributed by atoms with E-state index in [2.05, 4.69) is 15.9 Å². The standard InChI is InChI=1S/C14H12BrFN2S/c15-10-2-1-3-12(6-10)19-8-9-4-5-11(16)7-13(9)14(17)18/h1-7H,8H2,(H3,17,18). The SMILES string of the molecule is N=C(N)c1cc(F)ccc1CSc1cccc(Br)c1. The monoisotopic (exact) mass is 338 g/mol. The Labute approximate surface area is 123 Å². The van der Waals surface area contributed by atoms with Crippen LogP contribution in [0.3, 0.4) is 0 Å². The van der Waals surface area contributed by atoms with Crippen molar-refractivity contribution in [2.24, 2.45) is 5.73 Å². The fraction of sp³-hybridized carbons (Fsp3) is 0.0714. The number of nitrogens with one attached hydrogen (secondary N) is 1. The van der Waals surface area contributed by atoms with Gasteiger partial charge in [-0.2, -0.15) is 0 Å². The average molecular weight is 339 g/mol. The van der Waals surface area contributed by atoms with Crippen molar-refractivity contribution in [1.29, 1.82) is 5.41 Å². The van der Waals surface area contributed by atoms with E-state index >= 15 is 0 Å². The van der Waals surface area contributed by atoms with Gasteiger partial charge in [-0.15, -0.1) is 11.8 Å². The Bertz CT molecular complexity index is 616. The number of amidine groups is 1. The van der Waals surface area contributed by atoms with E-state index in [4.69, 9.17) is 11.1 Å². The summed E-state index contributed by atoms with van der Waals surface area (Å²) in [4.78, 5) is 1.10. The summed E-state index contributed by atoms with van der Waals surface area (Å²) in [7, 11) is 0. The topological polar surface area (TPSA) is 49.9 Å². The van der Waals surface area contributed by atoms with Crippen molar-refractivity contribution in [3.8, 4) is 0 Å². The van der Waals surface area contributed by atoms with Gasteiger partial charge >= 0.3 is 0 Å². The average Bonchev–Trinajstić information content (AvgIpc) is 2.37. The van der Waals surface area contributed by atoms with Gasteiger partial charge in [-0.05, 0) is 35.9 Å². The molecule has 0 saturated heterocycles. The van der Waals surface area contributed by atoms with Gasteiger partial charge in [0.2, 0.25) is 0 Å². The normalized spacial score (nSPS) is 10.4. The first-order valence-electron chi connectivity index (χ1n) is 5.57. The second-order valence-electron chi connectivity index (χ2n) is 3.96. The third-order valence-corrected chi connectivity index (χ3v) is 4.09. The number of nitrogen functional groups attached to an aromatic ring is 1. The summed E-state index contributed by atoms with van der Waals surface area (Å²) in [6.07, 6.45) is 0. The van der Waals surface area contributed by atoms with Crippen LogP contribution in [0, 0.1) is 11.2 Å². The van der Waals surface area contributed by atoms with E-state index in [0.29, 0.717) is 11.3 Å². The van der Waals surface area contributed by atoms with Gasteiger partial charge in [-0.1, -0.05) is 28.1 Å². The molecular weight excluding hydrogens is 327 g/mol. The maximum absolute atomic E-state index is 13.2. The van der Waals surface area contributed by atoms with E-state index in [1.165, 1.54) is 12.1 Å². The molecule has 2 aromatic rings. The van der Waals surface area contributed by atoms with Crippen molar-refractivity contribution in [3.63, 3.8) is 0 Å². The number of benzene rings is 2. The molecule has 2 rings (SSSR count). The lowest BCUT2D eigenvalue weighted by Crippen LogP contribution is -2.13. The fourth-order valence-electron chi connectivity index (χ4n) is 1.64. The lowest BCUT2D eigenvalue weighted by atomic mass is 10.1. The predicted octanol–water partition coefficient (Wildman–Crippen LogP) is 4.16. The lowest BCUT2D eigenvalue weighted by molar-refractivity contribution is 0.627. The molecule has 0 atom stereocenters. The van der Waals surface area contributed by atoms with Crippen molar-refractivity contribution >= 4 is 33.5 Å². The zero-order chi connectivity index (χ0) is 13.8. The quantitative estimate of drug-likeness (QED) is 0.499. The van der Waals surface area contributed by atoms with Gasteiger partial charge in [0.1, 0.15) is 11.7 Å². The molecular formula is C14H12BrFN2S. The van der Waals surface area contributed by atoms with Crippen molar-refractivity contribution in [2.45, 2.75) is 10.6 Å². The molecule has 0 heterocycles. The molecule has 3 N–H and O–H groups in total. The van der Waals surface area contributed by atoms with Gasteiger partial charge < -0.3 is 5.73 Å². The minimum absolute atomic E-state index is 0.107. The Morgan fingerprint density at radius 2 is 2.05 bits per heavy atom. The van der Waals surface area contributed by atoms with Crippen LogP contribution in [-0.4, -0.2) is 5.84 Å². The summed E-state index contributed by atoms with van der Waals surface area (Å²) < 4.78 is 14.2. The van der Waals surface area contributed by atoms with Gasteiger partial charge in [0.25, 0.3) is 0 Å². The molecule has 5 heteroatoms. The summed E-state index contributed by atoms with van der Waals surface area (Å²) in [6.45, 7) is 0. The van der Waals surface area contributed by atoms with Crippen LogP contribution < -0.4 is 5.73 Å². The molecule has 0 aromatic heterocycles. The van der Waals surface area contributed by atoms with E-state index in [1.54, 1.807) is 17.8 Å². The number of halogens is 2. The number of hydrogen-bond donors (Lipinski definition) is 2. The van der Waals surface area contributed by atoms with Crippen LogP contribution in [0.1, 0.15) is 11.1 Å². The van der Waals surface area contributed by atoms with Crippen molar-refractivity contribution in [2.75, 3.05) is 0 Å². The molecule has 2 aromatic carbocycles. The van der Waals surface area contributed by atoms with Crippen molar-refractivity contribution in [3.05, 3.63) is 63.9 Å². The van der Waals surface area contributed by atoms with Gasteiger partial charge in [0, 0.05) is 20.7 Å². The van der Waals surface area contributed by atoms with Crippen LogP contribution >= 0.6 is 27.7 Å². The Balaban J connectivity index is 2.17. The van der Waals surface area contributed by atoms with E-state index in [0.717, 1.165) is 14.9 Å². The van der Waals surface area contributed by atoms with Crippen LogP contribution in [0.4, 0.5) is 4.39 Å². The van der Waals surface area contributed by atoms with Crippen molar-refractivity contribution < 1.29 is 4.39 Å². The second-order valence-corrected chi connectivity index (χ2v) is 5.93. The minimum atomic E-state index is -0.374. The van der Waals surface area contributed by atoms with Gasteiger partial charge in [0.05, 0.1) is 0 Å². The predicted molar refractivity (Wildman–Crippen MR) is 81.1 cm³/mol. The highest BCUT2D eigenvalue weighted by Crippen LogP contribution is 2.26. The van der Waals surface area contributed by atoms with Crippen LogP contribution in [0.5, 0.6) is 0 Å². The highest BCUT2D eigenvalue weighted by atomic mass is 79.9. The van der Waals surface area contributed by atoms with E-state index in [1.807, 2.05) is 24.3 Å². The summed E-state index contributed by atoms with van der Waals surface area (Å²) in [6, 6.07) is 12.3. The molecule has 0 amide bonds. The van der Waals surface area contributed by atoms with E-state index in [9.17, 15) is 4.39 Å². The van der Waals surface area contributed by atoms with Gasteiger partial charge in [-0.3, -0.25) is 5.41 Å². The summed E-state index contributed by atoms with van der Waals surface area (Å²) >= 11 is 5.04. The zero-order valence-electron chi connectivity index (χ0n) is 9.99. The lowest BCUT2D eigenvalue weighted by Gasteiger charge is -2.08. The Morgan fingerprint density at radius 1 is 1.26 bits per heavy atom. The van der Waals surface area contributed by atoms with Crippen molar-refractivity contribution in [1.82, 2.24) is 0 Å². The maximum Gasteiger partial charge on any atom is 0.123 e. The molecule has 0 spiro atoms. The molecule has 98 valence electrons. The van der Waals surface area contributed by atoms with Crippen LogP contribution in [0.25, 0.3) is 0 Å². The summed E-state index contributed by atoms with van der Waals surface area (Å²) in [5.41, 5.74) is 6.80. The maximum atomic E-state index is 13.2. The highest BCUT2D eigenvalue weighted by Gasteiger charge is 2.07. The van der Waals surface area contributed by atoms with E-state index in [-0.39, 0.29) is 11.7 Å². The summed E-state index contributed by atoms with van der Waals surface area (Å²) in [5, 5.41) is 7.48. The highest BCUT2D eigenvalue weighted by molar-refractivity contribution is 9.10. The zero-order valence-corrected chi connectivity index (χ0v) is 12.4. The first-order chi connectivity index (χ1) is 9.06. The molecule has 0 bridgehead atoms. The summed E-state index contributed by atoms with van der Waals surface area (Å²) in [5.74, 6) is 0.164. The second kappa shape index (κ2) is 6.21. The fourth-order valence-corrected chi connectivity index (χ4v) is 3.15. The Kier molecular flexibility index (Phi) is 4.61. The van der Waals surface area contributed by atoms with Crippen LogP contribution in [-0.2, 0) is 5.75 Å². The largest absolute Gasteiger partial charge is 0.384 e. The van der Waals surface area contributed by atoms with Gasteiger partial charge in [0.15, 0.2) is 0 Å². The molecule has 0 unspecified atom stereocenters. The first kappa shape index (κ1) is 14.1. The smallest absolute Gasteiger partial charge is 0.123 e. The number of hydrogen-bond acceptors (Lipinski definition) is 2. The van der Waals surface area contributed by atoms with Gasteiger partial charge in [-0.25, -0.2) is 4.39 Å². The molecule has 0 radical (unpaired) electrons. The molecule has 0 saturated carbocycles. The van der Waals surface area contributed by atoms with Crippen LogP contribution in [0.2, 0.25) is 0 Å². The first-order valence-corrected chi connectivity index (χ1v) is 7.35. The molecule has 0 aliphatic heterocycles. The van der Waals surface area contributed by atoms with Crippen LogP contribution in [0.15, 0.2) is 51.8 Å². The number of rotatable bonds is 4. The van der Waals surface area contributed by atoms with E-state index < -0.39 is 0 Å². The Morgan fingerprint density at radius 3 is 2.74 bits per heavy atom. The number of thioether (sulfide) groups is 1. The molecule has 0 aliphatic rings. The third kappa shape index (κ3) is 3.81. The molecule has 2 nitrogen and oxygen atoms in total. The molecule has 0 aliphatic carbocycles. The molecule has 19 heavy (non-hydrogen) atoms. The number of nitrogens with two attached hydrogens (primary N) is 1. The third-order valence-electron chi connectivity index (χ3n) is 2.55.